The smallest absolute Gasteiger partial charge is 0.161 e. The number of hydrogen-bond donors (Lipinski definition) is 0. The van der Waals surface area contributed by atoms with Gasteiger partial charge >= 0.3 is 0 Å². The van der Waals surface area contributed by atoms with E-state index in [0.717, 1.165) is 17.0 Å². The molecule has 0 N–H and O–H groups in total. The van der Waals surface area contributed by atoms with Crippen molar-refractivity contribution < 1.29 is 9.47 Å². The Kier molecular flexibility index (Phi) is 6.34. The van der Waals surface area contributed by atoms with Gasteiger partial charge in [0, 0.05) is 16.9 Å². The first-order valence-electron chi connectivity index (χ1n) is 8.31. The fourth-order valence-corrected chi connectivity index (χ4v) is 3.32. The molecule has 0 aliphatic rings. The molecule has 0 amide bonds. The van der Waals surface area contributed by atoms with Crippen molar-refractivity contribution in [3.8, 4) is 11.5 Å². The van der Waals surface area contributed by atoms with Crippen LogP contribution in [0.1, 0.15) is 11.1 Å². The van der Waals surface area contributed by atoms with E-state index in [4.69, 9.17) is 9.47 Å². The number of ether oxygens (including phenoxy) is 2. The van der Waals surface area contributed by atoms with E-state index in [1.807, 2.05) is 54.4 Å². The number of rotatable bonds is 7. The second kappa shape index (κ2) is 9.11. The molecule has 26 heavy (non-hydrogen) atoms. The maximum atomic E-state index is 5.32. The minimum absolute atomic E-state index is 0.699. The van der Waals surface area contributed by atoms with Crippen LogP contribution >= 0.6 is 11.8 Å². The summed E-state index contributed by atoms with van der Waals surface area (Å²) in [7, 11) is 3.26. The van der Waals surface area contributed by atoms with E-state index in [2.05, 4.69) is 41.4 Å². The van der Waals surface area contributed by atoms with Gasteiger partial charge in [0.2, 0.25) is 0 Å². The summed E-state index contributed by atoms with van der Waals surface area (Å²) < 4.78 is 10.6. The summed E-state index contributed by atoms with van der Waals surface area (Å²) in [6.07, 6.45) is 1.83. The summed E-state index contributed by atoms with van der Waals surface area (Å²) in [6, 6.07) is 24.5. The summed E-state index contributed by atoms with van der Waals surface area (Å²) in [5, 5.41) is 0. The molecule has 3 aromatic rings. The van der Waals surface area contributed by atoms with Crippen LogP contribution in [-0.4, -0.2) is 20.4 Å². The second-order valence-electron chi connectivity index (χ2n) is 5.64. The number of thioether (sulfide) groups is 1. The Morgan fingerprint density at radius 3 is 2.27 bits per heavy atom. The summed E-state index contributed by atoms with van der Waals surface area (Å²) in [4.78, 5) is 5.82. The van der Waals surface area contributed by atoms with Crippen LogP contribution in [0.15, 0.2) is 82.7 Å². The van der Waals surface area contributed by atoms with Crippen LogP contribution in [0, 0.1) is 0 Å². The molecule has 0 radical (unpaired) electrons. The van der Waals surface area contributed by atoms with Gasteiger partial charge < -0.3 is 9.47 Å². The van der Waals surface area contributed by atoms with Gasteiger partial charge in [0.15, 0.2) is 11.5 Å². The van der Waals surface area contributed by atoms with Gasteiger partial charge in [-0.25, -0.2) is 0 Å². The lowest BCUT2D eigenvalue weighted by atomic mass is 10.2. The first kappa shape index (κ1) is 18.1. The van der Waals surface area contributed by atoms with Crippen molar-refractivity contribution in [2.75, 3.05) is 14.2 Å². The summed E-state index contributed by atoms with van der Waals surface area (Å²) in [5.74, 6) is 2.36. The molecule has 0 unspecified atom stereocenters. The Balaban J connectivity index is 1.62. The van der Waals surface area contributed by atoms with Crippen LogP contribution in [0.3, 0.4) is 0 Å². The molecule has 0 aliphatic carbocycles. The van der Waals surface area contributed by atoms with Crippen LogP contribution in [0.2, 0.25) is 0 Å². The minimum Gasteiger partial charge on any atom is -0.493 e. The molecule has 3 aromatic carbocycles. The van der Waals surface area contributed by atoms with Crippen LogP contribution in [0.25, 0.3) is 0 Å². The molecule has 4 heteroatoms. The molecule has 0 atom stereocenters. The van der Waals surface area contributed by atoms with Crippen molar-refractivity contribution >= 4 is 23.7 Å². The maximum absolute atomic E-state index is 5.32. The highest BCUT2D eigenvalue weighted by atomic mass is 32.2. The Morgan fingerprint density at radius 1 is 0.846 bits per heavy atom. The van der Waals surface area contributed by atoms with Crippen molar-refractivity contribution in [3.05, 3.63) is 83.9 Å². The largest absolute Gasteiger partial charge is 0.493 e. The zero-order chi connectivity index (χ0) is 18.2. The number of benzene rings is 3. The third-order valence-corrected chi connectivity index (χ3v) is 4.94. The third kappa shape index (κ3) is 4.90. The summed E-state index contributed by atoms with van der Waals surface area (Å²) in [6.45, 7) is 0. The van der Waals surface area contributed by atoms with E-state index in [9.17, 15) is 0 Å². The van der Waals surface area contributed by atoms with Crippen LogP contribution in [0.4, 0.5) is 5.69 Å². The Morgan fingerprint density at radius 2 is 1.58 bits per heavy atom. The van der Waals surface area contributed by atoms with Crippen molar-refractivity contribution in [1.82, 2.24) is 0 Å². The lowest BCUT2D eigenvalue weighted by Crippen LogP contribution is -1.91. The number of nitrogens with zero attached hydrogens (tertiary/aromatic N) is 1. The van der Waals surface area contributed by atoms with Crippen molar-refractivity contribution in [2.45, 2.75) is 10.6 Å². The standard InChI is InChI=1S/C22H21NO2S/c1-24-21-13-10-18(14-22(21)25-2)15-23-19-11-8-17(9-12-19)16-26-20-6-4-3-5-7-20/h3-15H,16H2,1-2H3. The molecule has 0 fully saturated rings. The molecule has 0 spiro atoms. The number of aliphatic imine (C=N–C) groups is 1. The lowest BCUT2D eigenvalue weighted by molar-refractivity contribution is 0.355. The van der Waals surface area contributed by atoms with E-state index < -0.39 is 0 Å². The van der Waals surface area contributed by atoms with Gasteiger partial charge in [-0.2, -0.15) is 0 Å². The van der Waals surface area contributed by atoms with Gasteiger partial charge in [0.05, 0.1) is 19.9 Å². The van der Waals surface area contributed by atoms with E-state index >= 15 is 0 Å². The molecule has 3 nitrogen and oxygen atoms in total. The van der Waals surface area contributed by atoms with E-state index in [0.29, 0.717) is 11.5 Å². The fourth-order valence-electron chi connectivity index (χ4n) is 2.44. The number of methoxy groups -OCH3 is 2. The maximum Gasteiger partial charge on any atom is 0.161 e. The molecular weight excluding hydrogens is 342 g/mol. The van der Waals surface area contributed by atoms with E-state index in [1.54, 1.807) is 14.2 Å². The third-order valence-electron chi connectivity index (χ3n) is 3.86. The molecule has 0 aliphatic heterocycles. The Labute approximate surface area is 158 Å². The van der Waals surface area contributed by atoms with Gasteiger partial charge in [-0.1, -0.05) is 30.3 Å². The molecule has 0 saturated heterocycles. The first-order chi connectivity index (χ1) is 12.8. The molecule has 0 bridgehead atoms. The van der Waals surface area contributed by atoms with E-state index in [1.165, 1.54) is 10.5 Å². The van der Waals surface area contributed by atoms with Crippen LogP contribution in [-0.2, 0) is 5.75 Å². The van der Waals surface area contributed by atoms with Crippen molar-refractivity contribution in [3.63, 3.8) is 0 Å². The van der Waals surface area contributed by atoms with Crippen LogP contribution in [0.5, 0.6) is 11.5 Å². The molecule has 3 rings (SSSR count). The highest BCUT2D eigenvalue weighted by Crippen LogP contribution is 2.27. The zero-order valence-corrected chi connectivity index (χ0v) is 15.7. The predicted octanol–water partition coefficient (Wildman–Crippen LogP) is 5.75. The second-order valence-corrected chi connectivity index (χ2v) is 6.69. The Hall–Kier alpha value is -2.72. The van der Waals surface area contributed by atoms with Crippen LogP contribution < -0.4 is 9.47 Å². The topological polar surface area (TPSA) is 30.8 Å². The molecule has 0 saturated carbocycles. The van der Waals surface area contributed by atoms with Gasteiger partial charge in [0.1, 0.15) is 0 Å². The summed E-state index contributed by atoms with van der Waals surface area (Å²) in [5.41, 5.74) is 3.17. The van der Waals surface area contributed by atoms with Crippen molar-refractivity contribution in [2.24, 2.45) is 4.99 Å². The fraction of sp³-hybridized carbons (Fsp3) is 0.136. The van der Waals surface area contributed by atoms with Gasteiger partial charge in [-0.05, 0) is 53.6 Å². The molecule has 0 aromatic heterocycles. The van der Waals surface area contributed by atoms with Crippen molar-refractivity contribution in [1.29, 1.82) is 0 Å². The Bertz CT molecular complexity index is 861. The number of hydrogen-bond acceptors (Lipinski definition) is 4. The molecule has 0 heterocycles. The van der Waals surface area contributed by atoms with Gasteiger partial charge in [-0.15, -0.1) is 11.8 Å². The first-order valence-corrected chi connectivity index (χ1v) is 9.30. The van der Waals surface area contributed by atoms with Gasteiger partial charge in [0.25, 0.3) is 0 Å². The minimum atomic E-state index is 0.699. The average molecular weight is 363 g/mol. The highest BCUT2D eigenvalue weighted by molar-refractivity contribution is 7.98. The molecular formula is C22H21NO2S. The predicted molar refractivity (Wildman–Crippen MR) is 109 cm³/mol. The van der Waals surface area contributed by atoms with Gasteiger partial charge in [-0.3, -0.25) is 4.99 Å². The highest BCUT2D eigenvalue weighted by Gasteiger charge is 2.03. The lowest BCUT2D eigenvalue weighted by Gasteiger charge is -2.07. The zero-order valence-electron chi connectivity index (χ0n) is 14.9. The normalized spacial score (nSPS) is 10.8. The summed E-state index contributed by atoms with van der Waals surface area (Å²) >= 11 is 1.83. The SMILES string of the molecule is COc1ccc(C=Nc2ccc(CSc3ccccc3)cc2)cc1OC. The van der Waals surface area contributed by atoms with E-state index in [-0.39, 0.29) is 0 Å². The average Bonchev–Trinajstić information content (AvgIpc) is 2.72. The monoisotopic (exact) mass is 363 g/mol. The quantitative estimate of drug-likeness (QED) is 0.396. The molecule has 132 valence electrons.